The fourth-order valence-electron chi connectivity index (χ4n) is 1.71. The molecule has 1 rings (SSSR count). The van der Waals surface area contributed by atoms with Crippen molar-refractivity contribution < 1.29 is 18.3 Å². The van der Waals surface area contributed by atoms with Crippen molar-refractivity contribution in [3.8, 4) is 5.75 Å². The third kappa shape index (κ3) is 9.05. The van der Waals surface area contributed by atoms with Crippen LogP contribution in [0.15, 0.2) is 23.2 Å². The SMILES string of the molecule is CCNC(=NCc1cc(Cl)ccc1OC(F)F)NCC(=O)N(C)C.I. The Hall–Kier alpha value is -1.36. The Balaban J connectivity index is 0.00000576. The number of carbonyl (C=O) groups excluding carboxylic acids is 1. The van der Waals surface area contributed by atoms with Crippen molar-refractivity contribution in [2.45, 2.75) is 20.1 Å². The van der Waals surface area contributed by atoms with Gasteiger partial charge in [0.05, 0.1) is 13.1 Å². The van der Waals surface area contributed by atoms with E-state index in [1.54, 1.807) is 14.1 Å². The summed E-state index contributed by atoms with van der Waals surface area (Å²) in [4.78, 5) is 17.3. The van der Waals surface area contributed by atoms with Crippen LogP contribution in [0.5, 0.6) is 5.75 Å². The third-order valence-electron chi connectivity index (χ3n) is 2.90. The Labute approximate surface area is 168 Å². The molecule has 25 heavy (non-hydrogen) atoms. The maximum Gasteiger partial charge on any atom is 0.387 e. The first-order valence-corrected chi connectivity index (χ1v) is 7.66. The molecule has 1 aromatic rings. The Morgan fingerprint density at radius 3 is 2.60 bits per heavy atom. The molecule has 0 atom stereocenters. The van der Waals surface area contributed by atoms with Crippen LogP contribution in [-0.4, -0.2) is 50.6 Å². The molecular weight excluding hydrogens is 469 g/mol. The lowest BCUT2D eigenvalue weighted by molar-refractivity contribution is -0.127. The number of rotatable bonds is 7. The van der Waals surface area contributed by atoms with Gasteiger partial charge >= 0.3 is 6.61 Å². The van der Waals surface area contributed by atoms with E-state index in [-0.39, 0.29) is 48.7 Å². The Morgan fingerprint density at radius 1 is 1.36 bits per heavy atom. The minimum atomic E-state index is -2.93. The second kappa shape index (κ2) is 12.1. The lowest BCUT2D eigenvalue weighted by Gasteiger charge is -2.14. The van der Waals surface area contributed by atoms with Crippen LogP contribution in [0.2, 0.25) is 5.02 Å². The summed E-state index contributed by atoms with van der Waals surface area (Å²) in [6, 6.07) is 4.35. The number of aliphatic imine (C=N–C) groups is 1. The normalized spacial score (nSPS) is 10.9. The predicted octanol–water partition coefficient (Wildman–Crippen LogP) is 2.70. The van der Waals surface area contributed by atoms with Gasteiger partial charge in [0, 0.05) is 31.2 Å². The van der Waals surface area contributed by atoms with Crippen LogP contribution in [-0.2, 0) is 11.3 Å². The molecule has 0 radical (unpaired) electrons. The minimum Gasteiger partial charge on any atom is -0.434 e. The number of amides is 1. The number of ether oxygens (including phenoxy) is 1. The van der Waals surface area contributed by atoms with Crippen LogP contribution >= 0.6 is 35.6 Å². The number of alkyl halides is 2. The summed E-state index contributed by atoms with van der Waals surface area (Å²) in [6.07, 6.45) is 0. The van der Waals surface area contributed by atoms with E-state index in [2.05, 4.69) is 20.4 Å². The molecule has 1 aromatic carbocycles. The van der Waals surface area contributed by atoms with Crippen molar-refractivity contribution in [3.05, 3.63) is 28.8 Å². The highest BCUT2D eigenvalue weighted by atomic mass is 127. The fourth-order valence-corrected chi connectivity index (χ4v) is 1.90. The van der Waals surface area contributed by atoms with Gasteiger partial charge in [-0.25, -0.2) is 4.99 Å². The van der Waals surface area contributed by atoms with E-state index in [0.29, 0.717) is 23.1 Å². The van der Waals surface area contributed by atoms with Gasteiger partial charge in [-0.2, -0.15) is 8.78 Å². The van der Waals surface area contributed by atoms with Crippen LogP contribution in [0.1, 0.15) is 12.5 Å². The van der Waals surface area contributed by atoms with Gasteiger partial charge < -0.3 is 20.3 Å². The van der Waals surface area contributed by atoms with E-state index in [4.69, 9.17) is 11.6 Å². The molecule has 6 nitrogen and oxygen atoms in total. The average molecular weight is 491 g/mol. The summed E-state index contributed by atoms with van der Waals surface area (Å²) in [5.41, 5.74) is 0.416. The summed E-state index contributed by atoms with van der Waals surface area (Å²) < 4.78 is 29.4. The minimum absolute atomic E-state index is 0. The standard InChI is InChI=1S/C15H21ClF2N4O2.HI/c1-4-19-15(21-9-13(23)22(2)3)20-8-10-7-11(16)5-6-12(10)24-14(17)18;/h5-7,14H,4,8-9H2,1-3H3,(H2,19,20,21);1H. The number of benzene rings is 1. The highest BCUT2D eigenvalue weighted by molar-refractivity contribution is 14.0. The molecule has 0 saturated heterocycles. The summed E-state index contributed by atoms with van der Waals surface area (Å²) in [5, 5.41) is 6.23. The van der Waals surface area contributed by atoms with Gasteiger partial charge in [-0.15, -0.1) is 24.0 Å². The zero-order chi connectivity index (χ0) is 18.1. The van der Waals surface area contributed by atoms with Crippen molar-refractivity contribution in [2.24, 2.45) is 4.99 Å². The summed E-state index contributed by atoms with van der Waals surface area (Å²) in [6.45, 7) is -0.353. The van der Waals surface area contributed by atoms with E-state index in [0.717, 1.165) is 0 Å². The monoisotopic (exact) mass is 490 g/mol. The molecule has 10 heteroatoms. The van der Waals surface area contributed by atoms with Crippen LogP contribution < -0.4 is 15.4 Å². The van der Waals surface area contributed by atoms with Crippen LogP contribution in [0.4, 0.5) is 8.78 Å². The van der Waals surface area contributed by atoms with Gasteiger partial charge in [-0.05, 0) is 25.1 Å². The van der Waals surface area contributed by atoms with E-state index in [1.807, 2.05) is 6.92 Å². The molecule has 0 aliphatic heterocycles. The van der Waals surface area contributed by atoms with Crippen molar-refractivity contribution in [1.82, 2.24) is 15.5 Å². The number of nitrogens with one attached hydrogen (secondary N) is 2. The van der Waals surface area contributed by atoms with Gasteiger partial charge in [0.15, 0.2) is 5.96 Å². The van der Waals surface area contributed by atoms with E-state index >= 15 is 0 Å². The zero-order valence-corrected chi connectivity index (χ0v) is 17.3. The maximum atomic E-state index is 12.4. The van der Waals surface area contributed by atoms with Gasteiger partial charge in [-0.1, -0.05) is 11.6 Å². The molecule has 0 aromatic heterocycles. The molecule has 0 unspecified atom stereocenters. The topological polar surface area (TPSA) is 66.0 Å². The van der Waals surface area contributed by atoms with Crippen molar-refractivity contribution in [3.63, 3.8) is 0 Å². The summed E-state index contributed by atoms with van der Waals surface area (Å²) in [5.74, 6) is 0.277. The first-order chi connectivity index (χ1) is 11.3. The molecule has 0 bridgehead atoms. The average Bonchev–Trinajstić information content (AvgIpc) is 2.51. The number of hydrogen-bond donors (Lipinski definition) is 2. The molecule has 0 heterocycles. The number of likely N-dealkylation sites (N-methyl/N-ethyl adjacent to an activating group) is 1. The molecule has 142 valence electrons. The molecule has 0 aliphatic carbocycles. The van der Waals surface area contributed by atoms with Gasteiger partial charge in [0.2, 0.25) is 5.91 Å². The number of hydrogen-bond acceptors (Lipinski definition) is 3. The molecule has 1 amide bonds. The second-order valence-electron chi connectivity index (χ2n) is 4.97. The van der Waals surface area contributed by atoms with Crippen molar-refractivity contribution in [1.29, 1.82) is 0 Å². The first kappa shape index (κ1) is 23.6. The predicted molar refractivity (Wildman–Crippen MR) is 105 cm³/mol. The maximum absolute atomic E-state index is 12.4. The van der Waals surface area contributed by atoms with E-state index in [9.17, 15) is 13.6 Å². The number of halogens is 4. The van der Waals surface area contributed by atoms with E-state index in [1.165, 1.54) is 23.1 Å². The van der Waals surface area contributed by atoms with Crippen LogP contribution in [0.25, 0.3) is 0 Å². The molecular formula is C15H22ClF2IN4O2. The fraction of sp³-hybridized carbons (Fsp3) is 0.467. The first-order valence-electron chi connectivity index (χ1n) is 7.29. The molecule has 0 aliphatic rings. The zero-order valence-electron chi connectivity index (χ0n) is 14.2. The molecule has 0 fully saturated rings. The Morgan fingerprint density at radius 2 is 2.04 bits per heavy atom. The van der Waals surface area contributed by atoms with Crippen LogP contribution in [0, 0.1) is 0 Å². The van der Waals surface area contributed by atoms with Gasteiger partial charge in [-0.3, -0.25) is 4.79 Å². The highest BCUT2D eigenvalue weighted by Crippen LogP contribution is 2.25. The highest BCUT2D eigenvalue weighted by Gasteiger charge is 2.11. The number of nitrogens with zero attached hydrogens (tertiary/aromatic N) is 2. The largest absolute Gasteiger partial charge is 0.434 e. The van der Waals surface area contributed by atoms with Gasteiger partial charge in [0.25, 0.3) is 0 Å². The smallest absolute Gasteiger partial charge is 0.387 e. The van der Waals surface area contributed by atoms with Crippen LogP contribution in [0.3, 0.4) is 0 Å². The number of guanidine groups is 1. The molecule has 0 spiro atoms. The van der Waals surface area contributed by atoms with E-state index < -0.39 is 6.61 Å². The summed E-state index contributed by atoms with van der Waals surface area (Å²) >= 11 is 5.89. The lowest BCUT2D eigenvalue weighted by atomic mass is 10.2. The molecule has 0 saturated carbocycles. The Kier molecular flexibility index (Phi) is 11.4. The second-order valence-corrected chi connectivity index (χ2v) is 5.40. The lowest BCUT2D eigenvalue weighted by Crippen LogP contribution is -2.42. The summed E-state index contributed by atoms with van der Waals surface area (Å²) in [7, 11) is 3.29. The molecule has 2 N–H and O–H groups in total. The number of carbonyl (C=O) groups is 1. The van der Waals surface area contributed by atoms with Crippen molar-refractivity contribution >= 4 is 47.4 Å². The third-order valence-corrected chi connectivity index (χ3v) is 3.13. The van der Waals surface area contributed by atoms with Crippen molar-refractivity contribution in [2.75, 3.05) is 27.2 Å². The quantitative estimate of drug-likeness (QED) is 0.350. The van der Waals surface area contributed by atoms with Gasteiger partial charge in [0.1, 0.15) is 5.75 Å². The Bertz CT molecular complexity index is 589.